The van der Waals surface area contributed by atoms with Crippen molar-refractivity contribution in [2.45, 2.75) is 72.1 Å². The molecule has 0 fully saturated rings. The molecule has 0 atom stereocenters. The molecule has 0 bridgehead atoms. The molecule has 110 valence electrons. The Morgan fingerprint density at radius 3 is 1.63 bits per heavy atom. The van der Waals surface area contributed by atoms with E-state index in [2.05, 4.69) is 73.6 Å². The summed E-state index contributed by atoms with van der Waals surface area (Å²) in [7, 11) is 0. The van der Waals surface area contributed by atoms with Crippen molar-refractivity contribution in [3.63, 3.8) is 0 Å². The van der Waals surface area contributed by atoms with E-state index in [4.69, 9.17) is 10.5 Å². The first-order valence-electron chi connectivity index (χ1n) is 6.89. The fourth-order valence-corrected chi connectivity index (χ4v) is 2.51. The Morgan fingerprint density at radius 1 is 0.842 bits per heavy atom. The monoisotopic (exact) mass is 266 g/mol. The smallest absolute Gasteiger partial charge is 0.0126 e. The van der Waals surface area contributed by atoms with Crippen LogP contribution in [0.15, 0.2) is 18.2 Å². The number of hydrogen-bond donors (Lipinski definition) is 2. The molecule has 0 aliphatic heterocycles. The molecule has 1 aromatic carbocycles. The molecule has 0 aromatic heterocycles. The zero-order valence-electron chi connectivity index (χ0n) is 13.7. The van der Waals surface area contributed by atoms with Crippen LogP contribution < -0.4 is 0 Å². The molecule has 0 saturated carbocycles. The van der Waals surface area contributed by atoms with Crippen LogP contribution in [0.5, 0.6) is 0 Å². The highest BCUT2D eigenvalue weighted by molar-refractivity contribution is 5.44. The summed E-state index contributed by atoms with van der Waals surface area (Å²) in [4.78, 5) is 0. The highest BCUT2D eigenvalue weighted by Crippen LogP contribution is 2.38. The van der Waals surface area contributed by atoms with Crippen LogP contribution in [0.4, 0.5) is 0 Å². The van der Waals surface area contributed by atoms with Gasteiger partial charge in [0, 0.05) is 0 Å². The summed E-state index contributed by atoms with van der Waals surface area (Å²) in [6, 6.07) is 6.80. The van der Waals surface area contributed by atoms with E-state index in [1.54, 1.807) is 5.56 Å². The van der Waals surface area contributed by atoms with Gasteiger partial charge in [0.05, 0.1) is 0 Å². The molecule has 2 heteroatoms. The Hall–Kier alpha value is -0.860. The predicted octanol–water partition coefficient (Wildman–Crippen LogP) is 5.42. The molecule has 19 heavy (non-hydrogen) atoms. The molecule has 0 radical (unpaired) electrons. The fraction of sp³-hybridized carbons (Fsp3) is 0.647. The summed E-state index contributed by atoms with van der Waals surface area (Å²) in [6.07, 6.45) is 0. The molecule has 0 heterocycles. The predicted molar refractivity (Wildman–Crippen MR) is 83.2 cm³/mol. The summed E-state index contributed by atoms with van der Waals surface area (Å²) in [5.41, 5.74) is 4.97. The largest absolute Gasteiger partial charge is 0.255 e. The third-order valence-electron chi connectivity index (χ3n) is 3.28. The van der Waals surface area contributed by atoms with Gasteiger partial charge in [-0.25, -0.2) is 0 Å². The van der Waals surface area contributed by atoms with E-state index in [1.807, 2.05) is 0 Å². The SMILES string of the molecule is CC(C)c1cccc(C(C)(C)C)c1C(C)(C)C.OO. The van der Waals surface area contributed by atoms with Gasteiger partial charge in [0.25, 0.3) is 0 Å². The van der Waals surface area contributed by atoms with Gasteiger partial charge in [-0.05, 0) is 33.4 Å². The molecule has 0 aliphatic carbocycles. The molecule has 2 nitrogen and oxygen atoms in total. The van der Waals surface area contributed by atoms with Crippen molar-refractivity contribution in [2.24, 2.45) is 0 Å². The molecule has 0 amide bonds. The van der Waals surface area contributed by atoms with E-state index in [1.165, 1.54) is 11.1 Å². The van der Waals surface area contributed by atoms with E-state index in [9.17, 15) is 0 Å². The van der Waals surface area contributed by atoms with Gasteiger partial charge in [0.2, 0.25) is 0 Å². The van der Waals surface area contributed by atoms with Crippen molar-refractivity contribution in [1.29, 1.82) is 0 Å². The maximum atomic E-state index is 6.00. The fourth-order valence-electron chi connectivity index (χ4n) is 2.51. The first kappa shape index (κ1) is 18.1. The second-order valence-electron chi connectivity index (χ2n) is 7.42. The first-order valence-corrected chi connectivity index (χ1v) is 6.89. The Kier molecular flexibility index (Phi) is 6.24. The summed E-state index contributed by atoms with van der Waals surface area (Å²) in [6.45, 7) is 18.5. The van der Waals surface area contributed by atoms with Gasteiger partial charge in [0.1, 0.15) is 0 Å². The van der Waals surface area contributed by atoms with Crippen molar-refractivity contribution in [2.75, 3.05) is 0 Å². The highest BCUT2D eigenvalue weighted by atomic mass is 17.0. The van der Waals surface area contributed by atoms with Gasteiger partial charge in [-0.1, -0.05) is 73.6 Å². The van der Waals surface area contributed by atoms with Crippen LogP contribution in [0.3, 0.4) is 0 Å². The summed E-state index contributed by atoms with van der Waals surface area (Å²) in [5.74, 6) is 0.589. The first-order chi connectivity index (χ1) is 8.55. The third kappa shape index (κ3) is 4.63. The van der Waals surface area contributed by atoms with Gasteiger partial charge < -0.3 is 0 Å². The summed E-state index contributed by atoms with van der Waals surface area (Å²) in [5, 5.41) is 12.0. The van der Waals surface area contributed by atoms with E-state index in [0.29, 0.717) is 5.92 Å². The Labute approximate surface area is 118 Å². The average molecular weight is 266 g/mol. The molecule has 0 aliphatic rings. The Morgan fingerprint density at radius 2 is 1.32 bits per heavy atom. The van der Waals surface area contributed by atoms with Gasteiger partial charge >= 0.3 is 0 Å². The minimum Gasteiger partial charge on any atom is -0.255 e. The molecular weight excluding hydrogens is 236 g/mol. The van der Waals surface area contributed by atoms with E-state index < -0.39 is 0 Å². The molecular formula is C17H30O2. The number of benzene rings is 1. The van der Waals surface area contributed by atoms with Crippen LogP contribution in [-0.2, 0) is 10.8 Å². The van der Waals surface area contributed by atoms with Crippen molar-refractivity contribution >= 4 is 0 Å². The van der Waals surface area contributed by atoms with E-state index in [-0.39, 0.29) is 10.8 Å². The van der Waals surface area contributed by atoms with Crippen LogP contribution in [0.2, 0.25) is 0 Å². The molecule has 0 saturated heterocycles. The molecule has 0 unspecified atom stereocenters. The lowest BCUT2D eigenvalue weighted by Crippen LogP contribution is -2.24. The zero-order chi connectivity index (χ0) is 15.4. The van der Waals surface area contributed by atoms with Gasteiger partial charge in [-0.3, -0.25) is 10.5 Å². The molecule has 1 aromatic rings. The van der Waals surface area contributed by atoms with Gasteiger partial charge in [-0.2, -0.15) is 0 Å². The standard InChI is InChI=1S/C17H28.H2O2/c1-12(2)13-10-9-11-14(16(3,4)5)15(13)17(6,7)8;1-2/h9-12H,1-8H3;1-2H. The maximum absolute atomic E-state index is 6.00. The van der Waals surface area contributed by atoms with Crippen molar-refractivity contribution in [1.82, 2.24) is 0 Å². The lowest BCUT2D eigenvalue weighted by atomic mass is 9.71. The second kappa shape index (κ2) is 6.53. The van der Waals surface area contributed by atoms with Crippen molar-refractivity contribution < 1.29 is 10.5 Å². The van der Waals surface area contributed by atoms with Crippen LogP contribution in [-0.4, -0.2) is 10.5 Å². The lowest BCUT2D eigenvalue weighted by Gasteiger charge is -2.33. The molecule has 2 N–H and O–H groups in total. The molecule has 1 rings (SSSR count). The van der Waals surface area contributed by atoms with Gasteiger partial charge in [-0.15, -0.1) is 0 Å². The van der Waals surface area contributed by atoms with Gasteiger partial charge in [0.15, 0.2) is 0 Å². The topological polar surface area (TPSA) is 40.5 Å². The maximum Gasteiger partial charge on any atom is -0.0126 e. The van der Waals surface area contributed by atoms with Crippen LogP contribution in [0, 0.1) is 0 Å². The summed E-state index contributed by atoms with van der Waals surface area (Å²) < 4.78 is 0. The third-order valence-corrected chi connectivity index (χ3v) is 3.28. The average Bonchev–Trinajstić information content (AvgIpc) is 2.28. The minimum absolute atomic E-state index is 0.212. The zero-order valence-corrected chi connectivity index (χ0v) is 13.7. The number of hydrogen-bond acceptors (Lipinski definition) is 2. The van der Waals surface area contributed by atoms with Crippen LogP contribution >= 0.6 is 0 Å². The Bertz CT molecular complexity index is 393. The van der Waals surface area contributed by atoms with Crippen LogP contribution in [0.1, 0.15) is 78.0 Å². The quantitative estimate of drug-likeness (QED) is 0.526. The van der Waals surface area contributed by atoms with Crippen molar-refractivity contribution in [3.05, 3.63) is 34.9 Å². The van der Waals surface area contributed by atoms with E-state index >= 15 is 0 Å². The van der Waals surface area contributed by atoms with Crippen LogP contribution in [0.25, 0.3) is 0 Å². The molecule has 0 spiro atoms. The summed E-state index contributed by atoms with van der Waals surface area (Å²) >= 11 is 0. The minimum atomic E-state index is 0.212. The second-order valence-corrected chi connectivity index (χ2v) is 7.42. The number of rotatable bonds is 1. The lowest BCUT2D eigenvalue weighted by molar-refractivity contribution is -0.176. The van der Waals surface area contributed by atoms with Crippen molar-refractivity contribution in [3.8, 4) is 0 Å². The Balaban J connectivity index is 0.00000154. The highest BCUT2D eigenvalue weighted by Gasteiger charge is 2.27. The normalized spacial score (nSPS) is 12.2. The van der Waals surface area contributed by atoms with E-state index in [0.717, 1.165) is 0 Å².